The van der Waals surface area contributed by atoms with E-state index < -0.39 is 0 Å². The molecule has 0 radical (unpaired) electrons. The lowest BCUT2D eigenvalue weighted by atomic mass is 9.65. The normalized spacial score (nSPS) is 24.5. The van der Waals surface area contributed by atoms with Crippen LogP contribution in [0.15, 0.2) is 23.8 Å². The van der Waals surface area contributed by atoms with Crippen LogP contribution in [0, 0.1) is 11.3 Å². The summed E-state index contributed by atoms with van der Waals surface area (Å²) in [7, 11) is 0. The van der Waals surface area contributed by atoms with Crippen molar-refractivity contribution < 1.29 is 9.59 Å². The predicted molar refractivity (Wildman–Crippen MR) is 69.7 cm³/mol. The van der Waals surface area contributed by atoms with E-state index in [1.54, 1.807) is 0 Å². The zero-order valence-electron chi connectivity index (χ0n) is 10.9. The first kappa shape index (κ1) is 13.9. The van der Waals surface area contributed by atoms with Gasteiger partial charge in [-0.2, -0.15) is 0 Å². The van der Waals surface area contributed by atoms with Gasteiger partial charge in [-0.15, -0.1) is 0 Å². The van der Waals surface area contributed by atoms with Gasteiger partial charge in [0.25, 0.3) is 0 Å². The molecule has 2 nitrogen and oxygen atoms in total. The minimum Gasteiger partial charge on any atom is -0.303 e. The van der Waals surface area contributed by atoms with Gasteiger partial charge >= 0.3 is 0 Å². The Balaban J connectivity index is 2.73. The molecular formula is C15H22O2. The third kappa shape index (κ3) is 3.65. The second-order valence-corrected chi connectivity index (χ2v) is 5.56. The number of allylic oxidation sites excluding steroid dienone is 3. The Kier molecular flexibility index (Phi) is 4.86. The molecule has 0 spiro atoms. The number of aldehydes is 2. The maximum Gasteiger partial charge on any atom is 0.146 e. The topological polar surface area (TPSA) is 34.1 Å². The van der Waals surface area contributed by atoms with Gasteiger partial charge in [0, 0.05) is 6.42 Å². The van der Waals surface area contributed by atoms with E-state index >= 15 is 0 Å². The van der Waals surface area contributed by atoms with E-state index in [9.17, 15) is 9.59 Å². The van der Waals surface area contributed by atoms with Crippen molar-refractivity contribution in [3.63, 3.8) is 0 Å². The van der Waals surface area contributed by atoms with Gasteiger partial charge in [0.2, 0.25) is 0 Å². The molecule has 1 aliphatic rings. The SMILES string of the molecule is C=C1CCCC(C)(C)[C@H]1C/C=C(\C=O)CC=O. The van der Waals surface area contributed by atoms with Gasteiger partial charge in [-0.3, -0.25) is 4.79 Å². The summed E-state index contributed by atoms with van der Waals surface area (Å²) in [6.45, 7) is 8.67. The zero-order valence-corrected chi connectivity index (χ0v) is 10.9. The van der Waals surface area contributed by atoms with Gasteiger partial charge in [-0.05, 0) is 42.6 Å². The number of hydrogen-bond donors (Lipinski definition) is 0. The maximum atomic E-state index is 10.8. The summed E-state index contributed by atoms with van der Waals surface area (Å²) >= 11 is 0. The van der Waals surface area contributed by atoms with E-state index in [1.807, 2.05) is 6.08 Å². The van der Waals surface area contributed by atoms with Crippen LogP contribution < -0.4 is 0 Å². The Morgan fingerprint density at radius 2 is 2.18 bits per heavy atom. The van der Waals surface area contributed by atoms with Crippen molar-refractivity contribution in [3.8, 4) is 0 Å². The molecule has 0 N–H and O–H groups in total. The van der Waals surface area contributed by atoms with Crippen LogP contribution in [-0.2, 0) is 9.59 Å². The van der Waals surface area contributed by atoms with Crippen LogP contribution in [0.5, 0.6) is 0 Å². The third-order valence-corrected chi connectivity index (χ3v) is 3.84. The fourth-order valence-electron chi connectivity index (χ4n) is 2.70. The van der Waals surface area contributed by atoms with Crippen LogP contribution in [0.2, 0.25) is 0 Å². The summed E-state index contributed by atoms with van der Waals surface area (Å²) in [5, 5.41) is 0. The molecule has 0 amide bonds. The molecule has 1 fully saturated rings. The van der Waals surface area contributed by atoms with Gasteiger partial charge in [-0.1, -0.05) is 32.1 Å². The lowest BCUT2D eigenvalue weighted by Gasteiger charge is -2.40. The van der Waals surface area contributed by atoms with Crippen LogP contribution >= 0.6 is 0 Å². The Morgan fingerprint density at radius 1 is 1.47 bits per heavy atom. The Bertz CT molecular complexity index is 337. The molecule has 1 rings (SSSR count). The van der Waals surface area contributed by atoms with Crippen LogP contribution in [0.3, 0.4) is 0 Å². The predicted octanol–water partition coefficient (Wildman–Crippen LogP) is 3.47. The smallest absolute Gasteiger partial charge is 0.146 e. The molecule has 17 heavy (non-hydrogen) atoms. The van der Waals surface area contributed by atoms with Gasteiger partial charge < -0.3 is 4.79 Å². The van der Waals surface area contributed by atoms with E-state index in [2.05, 4.69) is 20.4 Å². The van der Waals surface area contributed by atoms with E-state index in [0.717, 1.165) is 25.4 Å². The summed E-state index contributed by atoms with van der Waals surface area (Å²) in [5.41, 5.74) is 2.13. The van der Waals surface area contributed by atoms with Gasteiger partial charge in [-0.25, -0.2) is 0 Å². The van der Waals surface area contributed by atoms with Crippen LogP contribution in [-0.4, -0.2) is 12.6 Å². The number of rotatable bonds is 5. The highest BCUT2D eigenvalue weighted by Gasteiger charge is 2.33. The van der Waals surface area contributed by atoms with Crippen molar-refractivity contribution >= 4 is 12.6 Å². The quantitative estimate of drug-likeness (QED) is 0.414. The zero-order chi connectivity index (χ0) is 12.9. The molecule has 0 bridgehead atoms. The number of hydrogen-bond acceptors (Lipinski definition) is 2. The first-order valence-electron chi connectivity index (χ1n) is 6.27. The molecule has 2 heteroatoms. The van der Waals surface area contributed by atoms with Crippen LogP contribution in [0.1, 0.15) is 46.0 Å². The molecule has 1 aliphatic carbocycles. The highest BCUT2D eigenvalue weighted by molar-refractivity contribution is 5.78. The lowest BCUT2D eigenvalue weighted by Crippen LogP contribution is -2.29. The lowest BCUT2D eigenvalue weighted by molar-refractivity contribution is -0.109. The molecule has 0 saturated heterocycles. The molecule has 94 valence electrons. The molecule has 0 aromatic rings. The maximum absolute atomic E-state index is 10.8. The molecule has 0 heterocycles. The molecule has 0 unspecified atom stereocenters. The average molecular weight is 234 g/mol. The third-order valence-electron chi connectivity index (χ3n) is 3.84. The van der Waals surface area contributed by atoms with E-state index in [0.29, 0.717) is 11.5 Å². The van der Waals surface area contributed by atoms with Crippen molar-refractivity contribution in [3.05, 3.63) is 23.8 Å². The Labute approximate surface area is 104 Å². The minimum atomic E-state index is 0.225. The van der Waals surface area contributed by atoms with Gasteiger partial charge in [0.1, 0.15) is 12.6 Å². The molecule has 1 saturated carbocycles. The molecule has 1 atom stereocenters. The van der Waals surface area contributed by atoms with Crippen molar-refractivity contribution in [2.75, 3.05) is 0 Å². The Morgan fingerprint density at radius 3 is 2.71 bits per heavy atom. The molecule has 0 aliphatic heterocycles. The van der Waals surface area contributed by atoms with Gasteiger partial charge in [0.05, 0.1) is 0 Å². The molecular weight excluding hydrogens is 212 g/mol. The summed E-state index contributed by atoms with van der Waals surface area (Å²) < 4.78 is 0. The van der Waals surface area contributed by atoms with Crippen molar-refractivity contribution in [1.82, 2.24) is 0 Å². The second kappa shape index (κ2) is 5.95. The first-order chi connectivity index (χ1) is 8.01. The van der Waals surface area contributed by atoms with E-state index in [1.165, 1.54) is 18.4 Å². The monoisotopic (exact) mass is 234 g/mol. The van der Waals surface area contributed by atoms with Crippen molar-refractivity contribution in [2.24, 2.45) is 11.3 Å². The minimum absolute atomic E-state index is 0.225. The van der Waals surface area contributed by atoms with E-state index in [4.69, 9.17) is 0 Å². The number of carbonyl (C=O) groups is 2. The summed E-state index contributed by atoms with van der Waals surface area (Å²) in [6.07, 6.45) is 8.02. The second-order valence-electron chi connectivity index (χ2n) is 5.56. The summed E-state index contributed by atoms with van der Waals surface area (Å²) in [5.74, 6) is 0.429. The highest BCUT2D eigenvalue weighted by Crippen LogP contribution is 2.45. The Hall–Kier alpha value is -1.18. The summed E-state index contributed by atoms with van der Waals surface area (Å²) in [6, 6.07) is 0. The standard InChI is InChI=1S/C15H22O2/c1-12-5-4-9-15(2,3)14(12)7-6-13(11-17)8-10-16/h6,10-11,14H,1,4-5,7-9H2,2-3H3/b13-6-/t14-/m0/s1. The highest BCUT2D eigenvalue weighted by atomic mass is 16.1. The molecule has 0 aromatic heterocycles. The molecule has 0 aromatic carbocycles. The van der Waals surface area contributed by atoms with Crippen LogP contribution in [0.4, 0.5) is 0 Å². The largest absolute Gasteiger partial charge is 0.303 e. The van der Waals surface area contributed by atoms with Crippen molar-refractivity contribution in [2.45, 2.75) is 46.0 Å². The fraction of sp³-hybridized carbons (Fsp3) is 0.600. The van der Waals surface area contributed by atoms with Crippen LogP contribution in [0.25, 0.3) is 0 Å². The number of carbonyl (C=O) groups excluding carboxylic acids is 2. The summed E-state index contributed by atoms with van der Waals surface area (Å²) in [4.78, 5) is 21.2. The first-order valence-corrected chi connectivity index (χ1v) is 6.27. The average Bonchev–Trinajstić information content (AvgIpc) is 2.26. The van der Waals surface area contributed by atoms with E-state index in [-0.39, 0.29) is 11.8 Å². The fourth-order valence-corrected chi connectivity index (χ4v) is 2.70. The van der Waals surface area contributed by atoms with Gasteiger partial charge in [0.15, 0.2) is 0 Å². The van der Waals surface area contributed by atoms with Crippen molar-refractivity contribution in [1.29, 1.82) is 0 Å².